The van der Waals surface area contributed by atoms with Crippen molar-refractivity contribution in [2.45, 2.75) is 72.8 Å². The first kappa shape index (κ1) is 74.4. The van der Waals surface area contributed by atoms with Gasteiger partial charge in [-0.2, -0.15) is 39.5 Å². The highest BCUT2D eigenvalue weighted by Crippen LogP contribution is 2.38. The van der Waals surface area contributed by atoms with Crippen LogP contribution in [0.5, 0.6) is 0 Å². The van der Waals surface area contributed by atoms with E-state index in [-0.39, 0.29) is 27.7 Å². The number of para-hydroxylation sites is 3. The number of carbonyl (C=O) groups excluding carboxylic acids is 5. The lowest BCUT2D eigenvalue weighted by Crippen LogP contribution is -2.13. The number of carbonyl (C=O) groups is 5. The zero-order chi connectivity index (χ0) is 71.1. The fourth-order valence-corrected chi connectivity index (χ4v) is 11.5. The van der Waals surface area contributed by atoms with Crippen LogP contribution < -0.4 is 0 Å². The summed E-state index contributed by atoms with van der Waals surface area (Å²) in [6, 6.07) is 54.3. The molecule has 98 heavy (non-hydrogen) atoms. The van der Waals surface area contributed by atoms with Crippen LogP contribution in [0.1, 0.15) is 104 Å². The summed E-state index contributed by atoms with van der Waals surface area (Å²) >= 11 is 9.61. The molecule has 0 spiro atoms. The summed E-state index contributed by atoms with van der Waals surface area (Å²) in [5, 5.41) is 4.41. The first-order chi connectivity index (χ1) is 46.7. The van der Waals surface area contributed by atoms with Crippen LogP contribution in [0.2, 0.25) is 0 Å². The van der Waals surface area contributed by atoms with Crippen LogP contribution in [0.25, 0.3) is 65.4 Å². The maximum atomic E-state index is 13.5. The maximum Gasteiger partial charge on any atom is 0.417 e. The van der Waals surface area contributed by atoms with E-state index in [4.69, 9.17) is 25.8 Å². The summed E-state index contributed by atoms with van der Waals surface area (Å²) in [4.78, 5) is 57.8. The van der Waals surface area contributed by atoms with Gasteiger partial charge in [0.05, 0.1) is 36.5 Å². The Morgan fingerprint density at radius 2 is 0.602 bits per heavy atom. The van der Waals surface area contributed by atoms with Crippen molar-refractivity contribution in [1.29, 1.82) is 0 Å². The van der Waals surface area contributed by atoms with E-state index in [9.17, 15) is 63.5 Å². The monoisotopic (exact) mass is 1390 g/mol. The molecule has 0 radical (unpaired) electrons. The van der Waals surface area contributed by atoms with Crippen molar-refractivity contribution in [3.63, 3.8) is 0 Å². The summed E-state index contributed by atoms with van der Waals surface area (Å²) in [5.41, 5.74) is 2.91. The SMILES string of the molecule is CC(=O)Cl.CCOCCn1c2ccc(C(C)=O)cc2c2cc(C(=O)c3ccccc3C(F)(F)F)ccc21.CCOCCn1c2ccccc2c2cc(C(=O)c3ccccc3C(F)(F)F)ccc21.CCOCCn1c2ccccc2c2ccccc21.O=C(Cl)c1ccccc1C(F)(F)F. The van der Waals surface area contributed by atoms with Gasteiger partial charge in [-0.25, -0.2) is 0 Å². The smallest absolute Gasteiger partial charge is 0.380 e. The molecule has 12 aromatic rings. The standard InChI is InChI=1S/C26H22F3NO3.C24H20F3NO2.C16H17NO.C8H4ClF3O.C2H3ClO/c1-3-33-13-12-30-23-10-8-17(16(2)31)14-20(23)21-15-18(9-11-24(21)30)25(32)19-6-4-5-7-22(19)26(27,28)29;1-2-30-14-13-28-21-10-6-4-7-17(21)19-15-16(11-12-22(19)28)23(29)18-8-3-5-9-20(18)24(25,26)27;1-2-18-12-11-17-15-9-5-3-7-13(15)14-8-4-6-10-16(14)17;9-7(13)5-3-1-2-4-6(5)8(10,11)12;1-2(3)4/h4-11,14-15H,3,12-13H2,1-2H3;3-12,15H,2,13-14H2,1H3;3-10H,2,11-12H2,1H3;1-4H;1H3. The van der Waals surface area contributed by atoms with Gasteiger partial charge in [-0.15, -0.1) is 0 Å². The Kier molecular flexibility index (Phi) is 25.2. The van der Waals surface area contributed by atoms with Crippen molar-refractivity contribution < 1.29 is 77.7 Å². The molecule has 11 nitrogen and oxygen atoms in total. The summed E-state index contributed by atoms with van der Waals surface area (Å²) in [6.45, 7) is 14.5. The molecule has 510 valence electrons. The number of halogens is 11. The predicted octanol–water partition coefficient (Wildman–Crippen LogP) is 20.1. The highest BCUT2D eigenvalue weighted by atomic mass is 35.5. The second-order valence-electron chi connectivity index (χ2n) is 21.9. The molecular weight excluding hydrogens is 1320 g/mol. The van der Waals surface area contributed by atoms with Crippen molar-refractivity contribution in [3.8, 4) is 0 Å². The van der Waals surface area contributed by atoms with Crippen LogP contribution in [0.3, 0.4) is 0 Å². The highest BCUT2D eigenvalue weighted by Gasteiger charge is 2.37. The van der Waals surface area contributed by atoms with Gasteiger partial charge in [0.15, 0.2) is 17.3 Å². The van der Waals surface area contributed by atoms with Gasteiger partial charge in [-0.3, -0.25) is 24.0 Å². The first-order valence-corrected chi connectivity index (χ1v) is 31.7. The molecule has 0 aliphatic rings. The third kappa shape index (κ3) is 17.8. The van der Waals surface area contributed by atoms with Crippen LogP contribution in [-0.2, 0) is 57.2 Å². The Bertz CT molecular complexity index is 4780. The number of alkyl halides is 9. The van der Waals surface area contributed by atoms with Crippen molar-refractivity contribution in [2.24, 2.45) is 0 Å². The molecule has 0 fully saturated rings. The number of hydrogen-bond acceptors (Lipinski definition) is 8. The molecular formula is C76H66Cl2F9N3O8. The average Bonchev–Trinajstić information content (AvgIpc) is 1.61. The molecule has 3 aromatic heterocycles. The number of ether oxygens (including phenoxy) is 3. The Hall–Kier alpha value is -9.44. The van der Waals surface area contributed by atoms with Crippen molar-refractivity contribution in [3.05, 3.63) is 250 Å². The van der Waals surface area contributed by atoms with Crippen LogP contribution in [0.15, 0.2) is 200 Å². The number of ketones is 3. The van der Waals surface area contributed by atoms with Crippen molar-refractivity contribution in [1.82, 2.24) is 13.7 Å². The van der Waals surface area contributed by atoms with E-state index in [1.165, 1.54) is 84.2 Å². The van der Waals surface area contributed by atoms with Gasteiger partial charge in [0.1, 0.15) is 0 Å². The van der Waals surface area contributed by atoms with E-state index in [1.54, 1.807) is 48.5 Å². The van der Waals surface area contributed by atoms with E-state index in [2.05, 4.69) is 69.3 Å². The minimum atomic E-state index is -4.64. The highest BCUT2D eigenvalue weighted by molar-refractivity contribution is 6.68. The van der Waals surface area contributed by atoms with Gasteiger partial charge in [-0.1, -0.05) is 103 Å². The fourth-order valence-electron chi connectivity index (χ4n) is 11.4. The molecule has 0 bridgehead atoms. The summed E-state index contributed by atoms with van der Waals surface area (Å²) in [6.07, 6.45) is -13.8. The number of aromatic nitrogens is 3. The van der Waals surface area contributed by atoms with Crippen LogP contribution in [0, 0.1) is 0 Å². The molecule has 12 rings (SSSR count). The molecule has 0 saturated heterocycles. The zero-order valence-corrected chi connectivity index (χ0v) is 55.2. The average molecular weight is 1390 g/mol. The third-order valence-electron chi connectivity index (χ3n) is 15.6. The minimum Gasteiger partial charge on any atom is -0.380 e. The summed E-state index contributed by atoms with van der Waals surface area (Å²) in [5.74, 6) is -1.45. The van der Waals surface area contributed by atoms with Crippen molar-refractivity contribution in [2.75, 3.05) is 39.6 Å². The molecule has 0 aliphatic carbocycles. The molecule has 0 N–H and O–H groups in total. The van der Waals surface area contributed by atoms with Crippen LogP contribution in [0.4, 0.5) is 39.5 Å². The normalized spacial score (nSPS) is 11.6. The van der Waals surface area contributed by atoms with Gasteiger partial charge in [0.2, 0.25) is 5.24 Å². The van der Waals surface area contributed by atoms with Gasteiger partial charge in [-0.05, 0) is 148 Å². The number of Topliss-reactive ketones (excluding diaryl/α,β-unsaturated/α-hetero) is 1. The van der Waals surface area contributed by atoms with E-state index in [0.717, 1.165) is 82.2 Å². The Morgan fingerprint density at radius 3 is 0.908 bits per heavy atom. The lowest BCUT2D eigenvalue weighted by molar-refractivity contribution is -0.138. The minimum absolute atomic E-state index is 0.0987. The quantitative estimate of drug-likeness (QED) is 0.0360. The van der Waals surface area contributed by atoms with E-state index >= 15 is 0 Å². The molecule has 22 heteroatoms. The van der Waals surface area contributed by atoms with Crippen LogP contribution in [-0.4, -0.2) is 81.2 Å². The fraction of sp³-hybridized carbons (Fsp3) is 0.224. The van der Waals surface area contributed by atoms with Crippen LogP contribution >= 0.6 is 23.2 Å². The molecule has 9 aromatic carbocycles. The molecule has 0 atom stereocenters. The largest absolute Gasteiger partial charge is 0.417 e. The molecule has 0 aliphatic heterocycles. The first-order valence-electron chi connectivity index (χ1n) is 30.9. The maximum absolute atomic E-state index is 13.5. The Morgan fingerprint density at radius 1 is 0.347 bits per heavy atom. The Labute approximate surface area is 567 Å². The number of nitrogens with zero attached hydrogens (tertiary/aromatic N) is 3. The molecule has 0 unspecified atom stereocenters. The summed E-state index contributed by atoms with van der Waals surface area (Å²) < 4.78 is 140. The zero-order valence-electron chi connectivity index (χ0n) is 53.7. The van der Waals surface area contributed by atoms with E-state index in [1.807, 2.05) is 55.7 Å². The number of rotatable bonds is 18. The Balaban J connectivity index is 0.000000172. The second-order valence-corrected chi connectivity index (χ2v) is 22.8. The predicted molar refractivity (Wildman–Crippen MR) is 366 cm³/mol. The number of benzene rings is 9. The number of fused-ring (bicyclic) bond motifs is 9. The molecule has 0 amide bonds. The topological polar surface area (TPSA) is 128 Å². The van der Waals surface area contributed by atoms with Gasteiger partial charge < -0.3 is 27.9 Å². The number of hydrogen-bond donors (Lipinski definition) is 0. The molecule has 0 saturated carbocycles. The van der Waals surface area contributed by atoms with E-state index in [0.29, 0.717) is 50.5 Å². The second kappa shape index (κ2) is 33.2. The van der Waals surface area contributed by atoms with Crippen molar-refractivity contribution >= 4 is 116 Å². The van der Waals surface area contributed by atoms with Gasteiger partial charge >= 0.3 is 18.5 Å². The lowest BCUT2D eigenvalue weighted by atomic mass is 9.96. The van der Waals surface area contributed by atoms with E-state index < -0.39 is 63.2 Å². The third-order valence-corrected chi connectivity index (χ3v) is 15.8. The molecule has 3 heterocycles. The van der Waals surface area contributed by atoms with Gasteiger partial charge in [0, 0.05) is 145 Å². The summed E-state index contributed by atoms with van der Waals surface area (Å²) in [7, 11) is 0. The lowest BCUT2D eigenvalue weighted by Gasteiger charge is -2.12. The van der Waals surface area contributed by atoms with Gasteiger partial charge in [0.25, 0.3) is 5.24 Å².